The highest BCUT2D eigenvalue weighted by Crippen LogP contribution is 2.20. The summed E-state index contributed by atoms with van der Waals surface area (Å²) in [6.07, 6.45) is 8.05. The fourth-order valence-corrected chi connectivity index (χ4v) is 4.02. The number of nitrogens with one attached hydrogen (secondary N) is 1. The lowest BCUT2D eigenvalue weighted by Crippen LogP contribution is -2.28. The van der Waals surface area contributed by atoms with Crippen LogP contribution in [-0.4, -0.2) is 47.1 Å². The molecule has 1 N–H and O–H groups in total. The van der Waals surface area contributed by atoms with E-state index in [0.29, 0.717) is 6.04 Å². The average molecular weight is 369 g/mol. The summed E-state index contributed by atoms with van der Waals surface area (Å²) in [6.45, 7) is 5.01. The Morgan fingerprint density at radius 1 is 1.00 bits per heavy atom. The number of likely N-dealkylation sites (tertiary alicyclic amines) is 1. The number of hydrogen-bond donors (Lipinski definition) is 1. The van der Waals surface area contributed by atoms with Gasteiger partial charge in [-0.05, 0) is 43.0 Å². The average Bonchev–Trinajstić information content (AvgIpc) is 2.94. The number of halogens is 1. The van der Waals surface area contributed by atoms with Crippen LogP contribution in [0.1, 0.15) is 37.7 Å². The van der Waals surface area contributed by atoms with Crippen molar-refractivity contribution >= 4 is 11.8 Å². The summed E-state index contributed by atoms with van der Waals surface area (Å²) >= 11 is 0. The smallest absolute Gasteiger partial charge is 0.224 e. The van der Waals surface area contributed by atoms with Gasteiger partial charge in [-0.3, -0.25) is 4.90 Å². The molecule has 0 aliphatic carbocycles. The van der Waals surface area contributed by atoms with Crippen LogP contribution in [0.5, 0.6) is 0 Å². The SMILES string of the molecule is Fc1ccc(CN2CCC(Nc3nccc(N4CCCCCC4)n3)C2)cc1. The molecule has 0 bridgehead atoms. The molecule has 5 nitrogen and oxygen atoms in total. The molecule has 2 aliphatic heterocycles. The van der Waals surface area contributed by atoms with Crippen LogP contribution in [0.15, 0.2) is 36.5 Å². The minimum Gasteiger partial charge on any atom is -0.356 e. The van der Waals surface area contributed by atoms with E-state index in [1.54, 1.807) is 0 Å². The van der Waals surface area contributed by atoms with Crippen molar-refractivity contribution < 1.29 is 4.39 Å². The second-order valence-electron chi connectivity index (χ2n) is 7.63. The summed E-state index contributed by atoms with van der Waals surface area (Å²) in [4.78, 5) is 14.0. The van der Waals surface area contributed by atoms with Crippen molar-refractivity contribution in [2.75, 3.05) is 36.4 Å². The molecule has 2 aromatic rings. The molecule has 0 amide bonds. The predicted octanol–water partition coefficient (Wildman–Crippen LogP) is 3.68. The van der Waals surface area contributed by atoms with Crippen LogP contribution >= 0.6 is 0 Å². The van der Waals surface area contributed by atoms with Gasteiger partial charge in [0, 0.05) is 45.0 Å². The molecule has 27 heavy (non-hydrogen) atoms. The molecule has 2 aliphatic rings. The summed E-state index contributed by atoms with van der Waals surface area (Å²) in [7, 11) is 0. The molecule has 1 aromatic heterocycles. The van der Waals surface area contributed by atoms with Gasteiger partial charge < -0.3 is 10.2 Å². The minimum absolute atomic E-state index is 0.179. The molecule has 0 spiro atoms. The maximum atomic E-state index is 13.1. The Morgan fingerprint density at radius 3 is 2.56 bits per heavy atom. The highest BCUT2D eigenvalue weighted by atomic mass is 19.1. The molecule has 2 saturated heterocycles. The monoisotopic (exact) mass is 369 g/mol. The van der Waals surface area contributed by atoms with E-state index < -0.39 is 0 Å². The highest BCUT2D eigenvalue weighted by Gasteiger charge is 2.23. The minimum atomic E-state index is -0.179. The molecule has 2 fully saturated rings. The van der Waals surface area contributed by atoms with Gasteiger partial charge in [0.15, 0.2) is 0 Å². The van der Waals surface area contributed by atoms with Gasteiger partial charge in [0.25, 0.3) is 0 Å². The number of rotatable bonds is 5. The van der Waals surface area contributed by atoms with Crippen LogP contribution in [0.2, 0.25) is 0 Å². The van der Waals surface area contributed by atoms with Gasteiger partial charge in [-0.1, -0.05) is 25.0 Å². The number of aromatic nitrogens is 2. The number of nitrogens with zero attached hydrogens (tertiary/aromatic N) is 4. The molecular formula is C21H28FN5. The zero-order valence-corrected chi connectivity index (χ0v) is 15.8. The van der Waals surface area contributed by atoms with Crippen molar-refractivity contribution in [1.29, 1.82) is 0 Å². The molecule has 1 atom stereocenters. The second kappa shape index (κ2) is 8.65. The maximum Gasteiger partial charge on any atom is 0.224 e. The largest absolute Gasteiger partial charge is 0.356 e. The van der Waals surface area contributed by atoms with E-state index in [1.165, 1.54) is 37.8 Å². The molecule has 3 heterocycles. The van der Waals surface area contributed by atoms with Gasteiger partial charge >= 0.3 is 0 Å². The number of benzene rings is 1. The van der Waals surface area contributed by atoms with E-state index in [0.717, 1.165) is 56.5 Å². The lowest BCUT2D eigenvalue weighted by Gasteiger charge is -2.22. The fraction of sp³-hybridized carbons (Fsp3) is 0.524. The summed E-state index contributed by atoms with van der Waals surface area (Å²) in [6, 6.07) is 9.16. The Labute approximate surface area is 160 Å². The maximum absolute atomic E-state index is 13.1. The van der Waals surface area contributed by atoms with Crippen LogP contribution < -0.4 is 10.2 Å². The lowest BCUT2D eigenvalue weighted by atomic mass is 10.2. The van der Waals surface area contributed by atoms with Crippen LogP contribution in [0.25, 0.3) is 0 Å². The molecule has 1 unspecified atom stereocenters. The summed E-state index contributed by atoms with van der Waals surface area (Å²) in [5.74, 6) is 1.59. The standard InChI is InChI=1S/C21H28FN5/c22-18-7-5-17(6-8-18)15-26-14-10-19(16-26)24-21-23-11-9-20(25-21)27-12-3-1-2-4-13-27/h5-9,11,19H,1-4,10,12-16H2,(H,23,24,25). The first kappa shape index (κ1) is 18.2. The highest BCUT2D eigenvalue weighted by molar-refractivity contribution is 5.43. The third-order valence-corrected chi connectivity index (χ3v) is 5.50. The molecular weight excluding hydrogens is 341 g/mol. The van der Waals surface area contributed by atoms with E-state index in [1.807, 2.05) is 24.4 Å². The van der Waals surface area contributed by atoms with E-state index in [2.05, 4.69) is 20.1 Å². The van der Waals surface area contributed by atoms with Crippen molar-refractivity contribution in [3.63, 3.8) is 0 Å². The second-order valence-corrected chi connectivity index (χ2v) is 7.63. The zero-order chi connectivity index (χ0) is 18.5. The van der Waals surface area contributed by atoms with Crippen molar-refractivity contribution in [2.24, 2.45) is 0 Å². The Balaban J connectivity index is 1.33. The predicted molar refractivity (Wildman–Crippen MR) is 106 cm³/mol. The zero-order valence-electron chi connectivity index (χ0n) is 15.8. The van der Waals surface area contributed by atoms with E-state index in [4.69, 9.17) is 4.98 Å². The van der Waals surface area contributed by atoms with Gasteiger partial charge in [0.1, 0.15) is 11.6 Å². The third kappa shape index (κ3) is 4.95. The summed E-state index contributed by atoms with van der Waals surface area (Å²) < 4.78 is 13.1. The van der Waals surface area contributed by atoms with Crippen molar-refractivity contribution in [1.82, 2.24) is 14.9 Å². The fourth-order valence-electron chi connectivity index (χ4n) is 4.02. The third-order valence-electron chi connectivity index (χ3n) is 5.50. The summed E-state index contributed by atoms with van der Waals surface area (Å²) in [5.41, 5.74) is 1.15. The van der Waals surface area contributed by atoms with Crippen molar-refractivity contribution in [3.05, 3.63) is 47.9 Å². The van der Waals surface area contributed by atoms with E-state index >= 15 is 0 Å². The first-order chi connectivity index (χ1) is 13.3. The Hall–Kier alpha value is -2.21. The van der Waals surface area contributed by atoms with Gasteiger partial charge in [-0.2, -0.15) is 4.98 Å². The number of hydrogen-bond acceptors (Lipinski definition) is 5. The quantitative estimate of drug-likeness (QED) is 0.871. The topological polar surface area (TPSA) is 44.3 Å². The van der Waals surface area contributed by atoms with E-state index in [9.17, 15) is 4.39 Å². The van der Waals surface area contributed by atoms with Gasteiger partial charge in [0.05, 0.1) is 0 Å². The van der Waals surface area contributed by atoms with Crippen LogP contribution in [0, 0.1) is 5.82 Å². The first-order valence-electron chi connectivity index (χ1n) is 10.1. The van der Waals surface area contributed by atoms with Crippen molar-refractivity contribution in [3.8, 4) is 0 Å². The molecule has 6 heteroatoms. The molecule has 0 saturated carbocycles. The van der Waals surface area contributed by atoms with Crippen molar-refractivity contribution in [2.45, 2.75) is 44.7 Å². The Bertz CT molecular complexity index is 728. The lowest BCUT2D eigenvalue weighted by molar-refractivity contribution is 0.328. The van der Waals surface area contributed by atoms with Gasteiger partial charge in [-0.25, -0.2) is 9.37 Å². The first-order valence-corrected chi connectivity index (χ1v) is 10.1. The Kier molecular flexibility index (Phi) is 5.82. The van der Waals surface area contributed by atoms with Crippen LogP contribution in [0.3, 0.4) is 0 Å². The molecule has 1 aromatic carbocycles. The molecule has 4 rings (SSSR count). The van der Waals surface area contributed by atoms with Gasteiger partial charge in [-0.15, -0.1) is 0 Å². The van der Waals surface area contributed by atoms with Crippen LogP contribution in [-0.2, 0) is 6.54 Å². The summed E-state index contributed by atoms with van der Waals surface area (Å²) in [5, 5.41) is 3.51. The normalized spacial score (nSPS) is 21.2. The molecule has 144 valence electrons. The van der Waals surface area contributed by atoms with E-state index in [-0.39, 0.29) is 5.82 Å². The van der Waals surface area contributed by atoms with Crippen LogP contribution in [0.4, 0.5) is 16.2 Å². The number of anilines is 2. The Morgan fingerprint density at radius 2 is 1.78 bits per heavy atom. The van der Waals surface area contributed by atoms with Gasteiger partial charge in [0.2, 0.25) is 5.95 Å². The molecule has 0 radical (unpaired) electrons.